The predicted octanol–water partition coefficient (Wildman–Crippen LogP) is 8.54. The van der Waals surface area contributed by atoms with Crippen molar-refractivity contribution in [1.82, 2.24) is 15.0 Å². The lowest BCUT2D eigenvalue weighted by atomic mass is 9.95. The summed E-state index contributed by atoms with van der Waals surface area (Å²) in [6.45, 7) is 16.1. The molecule has 0 spiro atoms. The van der Waals surface area contributed by atoms with E-state index in [4.69, 9.17) is 4.98 Å². The maximum atomic E-state index is 5.03. The molecule has 0 bridgehead atoms. The van der Waals surface area contributed by atoms with Gasteiger partial charge in [0.25, 0.3) is 0 Å². The number of aromatic nitrogens is 3. The number of imidazole rings is 1. The number of fused-ring (bicyclic) bond motifs is 1. The normalized spacial score (nSPS) is 11.3. The van der Waals surface area contributed by atoms with Crippen molar-refractivity contribution >= 4 is 39.3 Å². The summed E-state index contributed by atoms with van der Waals surface area (Å²) in [5, 5.41) is 7.08. The zero-order valence-corrected chi connectivity index (χ0v) is 23.6. The number of anilines is 2. The lowest BCUT2D eigenvalue weighted by Crippen LogP contribution is -2.10. The molecule has 6 heteroatoms. The second-order valence-electron chi connectivity index (χ2n) is 9.92. The monoisotopic (exact) mass is 521 g/mol. The van der Waals surface area contributed by atoms with Gasteiger partial charge in [0.15, 0.2) is 0 Å². The molecule has 5 rings (SSSR count). The molecule has 3 N–H and O–H groups in total. The number of rotatable bonds is 9. The first-order chi connectivity index (χ1) is 18.4. The molecule has 5 aromatic rings. The van der Waals surface area contributed by atoms with Gasteiger partial charge >= 0.3 is 0 Å². The van der Waals surface area contributed by atoms with Crippen LogP contribution >= 0.6 is 11.3 Å². The largest absolute Gasteiger partial charge is 0.385 e. The van der Waals surface area contributed by atoms with Crippen molar-refractivity contribution < 1.29 is 0 Å². The quantitative estimate of drug-likeness (QED) is 0.182. The van der Waals surface area contributed by atoms with Crippen molar-refractivity contribution in [2.24, 2.45) is 0 Å². The molecule has 0 saturated heterocycles. The first-order valence-corrected chi connectivity index (χ1v) is 14.1. The van der Waals surface area contributed by atoms with Crippen LogP contribution in [0.1, 0.15) is 49.5 Å². The zero-order valence-electron chi connectivity index (χ0n) is 22.8. The highest BCUT2D eigenvalue weighted by Gasteiger charge is 2.17. The number of hydrogen-bond donors (Lipinski definition) is 3. The minimum absolute atomic E-state index is 0.368. The highest BCUT2D eigenvalue weighted by molar-refractivity contribution is 7.15. The summed E-state index contributed by atoms with van der Waals surface area (Å²) in [6, 6.07) is 18.0. The molecule has 3 heterocycles. The summed E-state index contributed by atoms with van der Waals surface area (Å²) in [5.41, 5.74) is 10.6. The van der Waals surface area contributed by atoms with Crippen molar-refractivity contribution in [3.63, 3.8) is 0 Å². The van der Waals surface area contributed by atoms with E-state index in [-0.39, 0.29) is 0 Å². The molecular formula is C32H35N5S. The Morgan fingerprint density at radius 3 is 2.58 bits per heavy atom. The maximum Gasteiger partial charge on any atom is 0.138 e. The van der Waals surface area contributed by atoms with Crippen molar-refractivity contribution in [2.75, 3.05) is 17.2 Å². The van der Waals surface area contributed by atoms with Gasteiger partial charge in [0.2, 0.25) is 0 Å². The third kappa shape index (κ3) is 5.22. The molecule has 0 aliphatic rings. The van der Waals surface area contributed by atoms with E-state index in [0.29, 0.717) is 6.04 Å². The summed E-state index contributed by atoms with van der Waals surface area (Å²) in [6.07, 6.45) is 4.72. The van der Waals surface area contributed by atoms with Gasteiger partial charge in [-0.1, -0.05) is 25.6 Å². The minimum atomic E-state index is 0.368. The van der Waals surface area contributed by atoms with E-state index in [1.54, 1.807) is 11.3 Å². The molecule has 0 atom stereocenters. The van der Waals surface area contributed by atoms with Crippen LogP contribution in [0.25, 0.3) is 38.2 Å². The summed E-state index contributed by atoms with van der Waals surface area (Å²) in [5.74, 6) is 0.753. The van der Waals surface area contributed by atoms with Crippen LogP contribution in [-0.2, 0) is 6.42 Å². The second-order valence-corrected chi connectivity index (χ2v) is 11.2. The van der Waals surface area contributed by atoms with Crippen LogP contribution in [0.2, 0.25) is 0 Å². The molecule has 0 aliphatic carbocycles. The van der Waals surface area contributed by atoms with Gasteiger partial charge in [0.1, 0.15) is 11.3 Å². The summed E-state index contributed by atoms with van der Waals surface area (Å²) < 4.78 is 0. The van der Waals surface area contributed by atoms with E-state index in [0.717, 1.165) is 63.5 Å². The highest BCUT2D eigenvalue weighted by Crippen LogP contribution is 2.36. The Morgan fingerprint density at radius 2 is 1.87 bits per heavy atom. The van der Waals surface area contributed by atoms with Crippen molar-refractivity contribution in [2.45, 2.75) is 47.1 Å². The van der Waals surface area contributed by atoms with Crippen LogP contribution in [-0.4, -0.2) is 27.5 Å². The number of thiophene rings is 1. The fourth-order valence-electron chi connectivity index (χ4n) is 4.76. The Morgan fingerprint density at radius 1 is 1.03 bits per heavy atom. The molecule has 0 amide bonds. The number of H-pyrrole nitrogens is 1. The third-order valence-electron chi connectivity index (χ3n) is 6.59. The Labute approximate surface area is 229 Å². The highest BCUT2D eigenvalue weighted by atomic mass is 32.1. The number of nitrogens with zero attached hydrogens (tertiary/aromatic N) is 2. The smallest absolute Gasteiger partial charge is 0.138 e. The molecule has 194 valence electrons. The third-order valence-corrected chi connectivity index (χ3v) is 7.62. The summed E-state index contributed by atoms with van der Waals surface area (Å²) in [7, 11) is 0. The number of benzene rings is 2. The van der Waals surface area contributed by atoms with Gasteiger partial charge in [-0.15, -0.1) is 11.3 Å². The fraction of sp³-hybridized carbons (Fsp3) is 0.250. The molecule has 0 fully saturated rings. The van der Waals surface area contributed by atoms with Gasteiger partial charge in [0, 0.05) is 56.6 Å². The number of nitrogens with one attached hydrogen (secondary N) is 3. The van der Waals surface area contributed by atoms with Crippen LogP contribution < -0.4 is 10.6 Å². The number of pyridine rings is 1. The molecule has 0 unspecified atom stereocenters. The minimum Gasteiger partial charge on any atom is -0.385 e. The maximum absolute atomic E-state index is 5.03. The van der Waals surface area contributed by atoms with E-state index in [1.807, 2.05) is 12.4 Å². The molecule has 0 radical (unpaired) electrons. The lowest BCUT2D eigenvalue weighted by Gasteiger charge is -2.16. The van der Waals surface area contributed by atoms with E-state index in [1.165, 1.54) is 20.9 Å². The van der Waals surface area contributed by atoms with Crippen LogP contribution in [0.5, 0.6) is 0 Å². The molecule has 5 nitrogen and oxygen atoms in total. The van der Waals surface area contributed by atoms with Gasteiger partial charge in [-0.25, -0.2) is 4.98 Å². The average Bonchev–Trinajstić information content (AvgIpc) is 3.54. The summed E-state index contributed by atoms with van der Waals surface area (Å²) >= 11 is 1.75. The number of aromatic amines is 1. The van der Waals surface area contributed by atoms with E-state index in [9.17, 15) is 0 Å². The van der Waals surface area contributed by atoms with Gasteiger partial charge in [-0.05, 0) is 87.2 Å². The van der Waals surface area contributed by atoms with Crippen molar-refractivity contribution in [1.29, 1.82) is 0 Å². The number of aryl methyl sites for hydroxylation is 2. The molecule has 0 aliphatic heterocycles. The molecule has 2 aromatic carbocycles. The Hall–Kier alpha value is -3.90. The van der Waals surface area contributed by atoms with E-state index in [2.05, 4.69) is 110 Å². The Balaban J connectivity index is 1.58. The molecule has 0 saturated carbocycles. The first kappa shape index (κ1) is 25.7. The SMILES string of the molecule is C=C(c1nc2c(-c3ccc(C)s3)cncc2[nH]1)c1cc(-c2cc(CC)cc(NC(C)C)c2)ccc1NCC. The van der Waals surface area contributed by atoms with Gasteiger partial charge in [0.05, 0.1) is 11.7 Å². The van der Waals surface area contributed by atoms with Crippen LogP contribution in [0, 0.1) is 6.92 Å². The van der Waals surface area contributed by atoms with Gasteiger partial charge in [-0.2, -0.15) is 0 Å². The molecule has 38 heavy (non-hydrogen) atoms. The first-order valence-electron chi connectivity index (χ1n) is 13.2. The van der Waals surface area contributed by atoms with E-state index >= 15 is 0 Å². The topological polar surface area (TPSA) is 65.6 Å². The molecule has 3 aromatic heterocycles. The standard InChI is InChI=1S/C32H35N5S/c1-7-22-13-24(15-25(14-22)35-19(3)4)23-10-11-28(34-8-2)26(16-23)21(6)32-36-29-18-33-17-27(31(29)37-32)30-12-9-20(5)38-30/h9-19,34-35H,6-8H2,1-5H3,(H,36,37). The predicted molar refractivity (Wildman–Crippen MR) is 164 cm³/mol. The Bertz CT molecular complexity index is 1610. The van der Waals surface area contributed by atoms with Crippen molar-refractivity contribution in [3.8, 4) is 21.6 Å². The zero-order chi connectivity index (χ0) is 26.8. The average molecular weight is 522 g/mol. The summed E-state index contributed by atoms with van der Waals surface area (Å²) in [4.78, 5) is 15.4. The number of hydrogen-bond acceptors (Lipinski definition) is 5. The lowest BCUT2D eigenvalue weighted by molar-refractivity contribution is 0.899. The fourth-order valence-corrected chi connectivity index (χ4v) is 5.64. The van der Waals surface area contributed by atoms with Gasteiger partial charge < -0.3 is 15.6 Å². The van der Waals surface area contributed by atoms with Crippen LogP contribution in [0.3, 0.4) is 0 Å². The van der Waals surface area contributed by atoms with Gasteiger partial charge in [-0.3, -0.25) is 4.98 Å². The Kier molecular flexibility index (Phi) is 7.34. The molecular weight excluding hydrogens is 486 g/mol. The second kappa shape index (κ2) is 10.8. The van der Waals surface area contributed by atoms with Crippen molar-refractivity contribution in [3.05, 3.63) is 89.3 Å². The van der Waals surface area contributed by atoms with Crippen LogP contribution in [0.15, 0.2) is 67.5 Å². The van der Waals surface area contributed by atoms with Crippen LogP contribution in [0.4, 0.5) is 11.4 Å². The van der Waals surface area contributed by atoms with E-state index < -0.39 is 0 Å².